The zero-order valence-corrected chi connectivity index (χ0v) is 16.8. The molecule has 0 amide bonds. The van der Waals surface area contributed by atoms with Gasteiger partial charge in [0.05, 0.1) is 18.5 Å². The second-order valence-corrected chi connectivity index (χ2v) is 9.37. The van der Waals surface area contributed by atoms with Crippen LogP contribution in [0.1, 0.15) is 78.8 Å². The normalized spacial score (nSPS) is 18.3. The monoisotopic (exact) mass is 332 g/mol. The van der Waals surface area contributed by atoms with Crippen LogP contribution in [0.4, 0.5) is 5.69 Å². The van der Waals surface area contributed by atoms with Crippen LogP contribution < -0.4 is 10.1 Å². The van der Waals surface area contributed by atoms with E-state index in [4.69, 9.17) is 4.74 Å². The van der Waals surface area contributed by atoms with Crippen LogP contribution in [0.3, 0.4) is 0 Å². The Bertz CT molecular complexity index is 551. The molecule has 2 rings (SSSR count). The Balaban J connectivity index is 2.40. The Kier molecular flexibility index (Phi) is 5.51. The minimum atomic E-state index is 0.111. The molecule has 0 aromatic carbocycles. The van der Waals surface area contributed by atoms with E-state index in [0.29, 0.717) is 5.41 Å². The molecular formula is C21H36N2O. The van der Waals surface area contributed by atoms with Gasteiger partial charge in [-0.15, -0.1) is 0 Å². The predicted octanol–water partition coefficient (Wildman–Crippen LogP) is 5.98. The van der Waals surface area contributed by atoms with Crippen molar-refractivity contribution in [1.82, 2.24) is 4.98 Å². The van der Waals surface area contributed by atoms with Crippen molar-refractivity contribution < 1.29 is 4.74 Å². The molecule has 1 aliphatic carbocycles. The van der Waals surface area contributed by atoms with Crippen molar-refractivity contribution >= 4 is 5.69 Å². The fraction of sp³-hybridized carbons (Fsp3) is 0.762. The number of ether oxygens (including phenoxy) is 1. The maximum absolute atomic E-state index is 5.65. The Morgan fingerprint density at radius 3 is 2.29 bits per heavy atom. The van der Waals surface area contributed by atoms with E-state index in [1.54, 1.807) is 7.11 Å². The first-order valence-electron chi connectivity index (χ1n) is 9.38. The Morgan fingerprint density at radius 1 is 1.12 bits per heavy atom. The summed E-state index contributed by atoms with van der Waals surface area (Å²) in [6, 6.07) is 2.06. The van der Waals surface area contributed by atoms with Crippen LogP contribution in [-0.4, -0.2) is 17.6 Å². The first-order valence-corrected chi connectivity index (χ1v) is 9.38. The Labute approximate surface area is 148 Å². The molecule has 0 spiro atoms. The van der Waals surface area contributed by atoms with Gasteiger partial charge in [0.25, 0.3) is 0 Å². The smallest absolute Gasteiger partial charge is 0.163 e. The van der Waals surface area contributed by atoms with Gasteiger partial charge in [0.15, 0.2) is 5.75 Å². The summed E-state index contributed by atoms with van der Waals surface area (Å²) in [7, 11) is 1.74. The second-order valence-electron chi connectivity index (χ2n) is 9.37. The quantitative estimate of drug-likeness (QED) is 0.720. The van der Waals surface area contributed by atoms with Crippen molar-refractivity contribution in [3.05, 3.63) is 18.0 Å². The van der Waals surface area contributed by atoms with Gasteiger partial charge in [0.1, 0.15) is 0 Å². The highest BCUT2D eigenvalue weighted by molar-refractivity contribution is 5.59. The highest BCUT2D eigenvalue weighted by atomic mass is 16.5. The van der Waals surface area contributed by atoms with Crippen molar-refractivity contribution in [2.75, 3.05) is 12.4 Å². The summed E-state index contributed by atoms with van der Waals surface area (Å²) in [5.74, 6) is 0.883. The van der Waals surface area contributed by atoms with Gasteiger partial charge in [-0.25, -0.2) is 0 Å². The van der Waals surface area contributed by atoms with E-state index >= 15 is 0 Å². The van der Waals surface area contributed by atoms with Gasteiger partial charge in [0.2, 0.25) is 0 Å². The van der Waals surface area contributed by atoms with Crippen molar-refractivity contribution in [3.63, 3.8) is 0 Å². The fourth-order valence-corrected chi connectivity index (χ4v) is 4.79. The van der Waals surface area contributed by atoms with Crippen molar-refractivity contribution in [2.45, 2.75) is 85.6 Å². The number of nitrogens with one attached hydrogen (secondary N) is 1. The zero-order valence-electron chi connectivity index (χ0n) is 16.8. The van der Waals surface area contributed by atoms with E-state index in [0.717, 1.165) is 17.1 Å². The number of rotatable bonds is 5. The van der Waals surface area contributed by atoms with E-state index in [2.05, 4.69) is 51.0 Å². The summed E-state index contributed by atoms with van der Waals surface area (Å²) in [4.78, 5) is 4.38. The summed E-state index contributed by atoms with van der Waals surface area (Å²) in [6.07, 6.45) is 9.47. The molecule has 1 N–H and O–H groups in total. The third-order valence-electron chi connectivity index (χ3n) is 5.64. The van der Waals surface area contributed by atoms with Crippen LogP contribution in [0.2, 0.25) is 0 Å². The van der Waals surface area contributed by atoms with Crippen LogP contribution in [0, 0.1) is 17.8 Å². The third-order valence-corrected chi connectivity index (χ3v) is 5.64. The van der Waals surface area contributed by atoms with Crippen LogP contribution >= 0.6 is 0 Å². The summed E-state index contributed by atoms with van der Waals surface area (Å²) in [6.45, 7) is 13.9. The lowest BCUT2D eigenvalue weighted by Gasteiger charge is -2.52. The van der Waals surface area contributed by atoms with E-state index in [-0.39, 0.29) is 11.0 Å². The van der Waals surface area contributed by atoms with E-state index in [9.17, 15) is 0 Å². The number of hydrogen-bond donors (Lipinski definition) is 1. The SMILES string of the molecule is COc1c(NC2(C(C)(C)CC(C)(C)C)CCCCC2)ccnc1C. The van der Waals surface area contributed by atoms with Gasteiger partial charge in [-0.05, 0) is 43.1 Å². The lowest BCUT2D eigenvalue weighted by atomic mass is 9.59. The summed E-state index contributed by atoms with van der Waals surface area (Å²) in [5, 5.41) is 3.95. The van der Waals surface area contributed by atoms with Crippen molar-refractivity contribution in [2.24, 2.45) is 10.8 Å². The van der Waals surface area contributed by atoms with Crippen LogP contribution in [0.5, 0.6) is 5.75 Å². The first kappa shape index (κ1) is 19.1. The Hall–Kier alpha value is -1.25. The second kappa shape index (κ2) is 6.93. The number of pyridine rings is 1. The Morgan fingerprint density at radius 2 is 1.75 bits per heavy atom. The molecule has 0 saturated heterocycles. The molecule has 0 radical (unpaired) electrons. The van der Waals surface area contributed by atoms with Gasteiger partial charge >= 0.3 is 0 Å². The summed E-state index contributed by atoms with van der Waals surface area (Å²) in [5.41, 5.74) is 2.66. The molecular weight excluding hydrogens is 296 g/mol. The average Bonchev–Trinajstić information content (AvgIpc) is 2.46. The predicted molar refractivity (Wildman–Crippen MR) is 103 cm³/mol. The molecule has 3 nitrogen and oxygen atoms in total. The molecule has 1 heterocycles. The van der Waals surface area contributed by atoms with Gasteiger partial charge in [-0.2, -0.15) is 0 Å². The molecule has 0 aliphatic heterocycles. The van der Waals surface area contributed by atoms with Gasteiger partial charge < -0.3 is 10.1 Å². The van der Waals surface area contributed by atoms with Gasteiger partial charge in [0, 0.05) is 11.7 Å². The molecule has 24 heavy (non-hydrogen) atoms. The molecule has 1 aromatic heterocycles. The number of anilines is 1. The molecule has 1 aromatic rings. The van der Waals surface area contributed by atoms with Gasteiger partial charge in [-0.1, -0.05) is 53.9 Å². The minimum Gasteiger partial charge on any atom is -0.493 e. The first-order chi connectivity index (χ1) is 11.1. The third kappa shape index (κ3) is 4.04. The zero-order chi connectivity index (χ0) is 18.0. The minimum absolute atomic E-state index is 0.111. The topological polar surface area (TPSA) is 34.1 Å². The van der Waals surface area contributed by atoms with Crippen molar-refractivity contribution in [1.29, 1.82) is 0 Å². The van der Waals surface area contributed by atoms with Crippen molar-refractivity contribution in [3.8, 4) is 5.75 Å². The molecule has 136 valence electrons. The number of hydrogen-bond acceptors (Lipinski definition) is 3. The number of nitrogens with zero attached hydrogens (tertiary/aromatic N) is 1. The van der Waals surface area contributed by atoms with Crippen LogP contribution in [-0.2, 0) is 0 Å². The summed E-state index contributed by atoms with van der Waals surface area (Å²) >= 11 is 0. The van der Waals surface area contributed by atoms with E-state index in [1.165, 1.54) is 38.5 Å². The molecule has 1 saturated carbocycles. The fourth-order valence-electron chi connectivity index (χ4n) is 4.79. The molecule has 3 heteroatoms. The molecule has 0 bridgehead atoms. The molecule has 0 atom stereocenters. The average molecular weight is 333 g/mol. The standard InChI is InChI=1S/C21H36N2O/c1-16-18(24-7)17(11-14-22-16)23-21(12-9-8-10-13-21)20(5,6)15-19(2,3)4/h11,14H,8-10,12-13,15H2,1-7H3,(H,22,23). The highest BCUT2D eigenvalue weighted by Gasteiger charge is 2.47. The van der Waals surface area contributed by atoms with Crippen LogP contribution in [0.25, 0.3) is 0 Å². The largest absolute Gasteiger partial charge is 0.493 e. The molecule has 1 aliphatic rings. The summed E-state index contributed by atoms with van der Waals surface area (Å²) < 4.78 is 5.65. The highest BCUT2D eigenvalue weighted by Crippen LogP contribution is 2.50. The van der Waals surface area contributed by atoms with Crippen LogP contribution in [0.15, 0.2) is 12.3 Å². The molecule has 0 unspecified atom stereocenters. The maximum atomic E-state index is 5.65. The van der Waals surface area contributed by atoms with E-state index in [1.807, 2.05) is 13.1 Å². The van der Waals surface area contributed by atoms with E-state index < -0.39 is 0 Å². The number of methoxy groups -OCH3 is 1. The lowest BCUT2D eigenvalue weighted by Crippen LogP contribution is -2.53. The lowest BCUT2D eigenvalue weighted by molar-refractivity contribution is 0.0838. The maximum Gasteiger partial charge on any atom is 0.163 e. The number of aryl methyl sites for hydroxylation is 1. The van der Waals surface area contributed by atoms with Gasteiger partial charge in [-0.3, -0.25) is 4.98 Å². The molecule has 1 fully saturated rings. The number of aromatic nitrogens is 1.